The Morgan fingerprint density at radius 1 is 1.16 bits per heavy atom. The smallest absolute Gasteiger partial charge is 0.307 e. The summed E-state index contributed by atoms with van der Waals surface area (Å²) in [5, 5.41) is 8.78. The average molecular weight is 253 g/mol. The highest BCUT2D eigenvalue weighted by molar-refractivity contribution is 5.79. The molecule has 0 unspecified atom stereocenters. The van der Waals surface area contributed by atoms with E-state index in [4.69, 9.17) is 9.52 Å². The number of aliphatic carboxylic acids is 1. The van der Waals surface area contributed by atoms with Gasteiger partial charge < -0.3 is 9.52 Å². The van der Waals surface area contributed by atoms with E-state index >= 15 is 0 Å². The molecule has 0 aliphatic rings. The molecule has 94 valence electrons. The number of carbonyl (C=O) groups is 1. The maximum atomic E-state index is 10.7. The van der Waals surface area contributed by atoms with E-state index in [0.29, 0.717) is 17.0 Å². The molecule has 1 N–H and O–H groups in total. The lowest BCUT2D eigenvalue weighted by Crippen LogP contribution is -1.99. The first-order valence-corrected chi connectivity index (χ1v) is 5.89. The van der Waals surface area contributed by atoms with Crippen molar-refractivity contribution in [3.05, 3.63) is 54.1 Å². The second-order valence-corrected chi connectivity index (χ2v) is 4.26. The van der Waals surface area contributed by atoms with E-state index in [2.05, 4.69) is 4.98 Å². The maximum Gasteiger partial charge on any atom is 0.307 e. The first-order chi connectivity index (χ1) is 9.22. The zero-order valence-electron chi connectivity index (χ0n) is 10.0. The minimum atomic E-state index is -0.859. The van der Waals surface area contributed by atoms with Crippen molar-refractivity contribution in [3.8, 4) is 11.5 Å². The van der Waals surface area contributed by atoms with Crippen molar-refractivity contribution in [2.45, 2.75) is 6.42 Å². The molecule has 0 bridgehead atoms. The summed E-state index contributed by atoms with van der Waals surface area (Å²) in [5.41, 5.74) is 2.94. The van der Waals surface area contributed by atoms with Crippen LogP contribution < -0.4 is 0 Å². The Morgan fingerprint density at radius 2 is 1.95 bits per heavy atom. The third kappa shape index (κ3) is 2.33. The Kier molecular flexibility index (Phi) is 2.76. The molecule has 0 spiro atoms. The molecule has 0 radical (unpaired) electrons. The second kappa shape index (κ2) is 4.57. The van der Waals surface area contributed by atoms with E-state index in [0.717, 1.165) is 11.1 Å². The van der Waals surface area contributed by atoms with Gasteiger partial charge in [-0.15, -0.1) is 0 Å². The molecular weight excluding hydrogens is 242 g/mol. The number of aromatic nitrogens is 1. The summed E-state index contributed by atoms with van der Waals surface area (Å²) in [6, 6.07) is 14.9. The fourth-order valence-corrected chi connectivity index (χ4v) is 1.96. The summed E-state index contributed by atoms with van der Waals surface area (Å²) in [7, 11) is 0. The van der Waals surface area contributed by atoms with Crippen LogP contribution in [0.2, 0.25) is 0 Å². The number of carboxylic acid groups (broad SMARTS) is 1. The molecule has 0 aliphatic carbocycles. The number of oxazole rings is 1. The molecule has 2 aromatic carbocycles. The molecule has 0 amide bonds. The van der Waals surface area contributed by atoms with Crippen molar-refractivity contribution < 1.29 is 14.3 Å². The predicted molar refractivity (Wildman–Crippen MR) is 70.8 cm³/mol. The number of benzene rings is 2. The van der Waals surface area contributed by atoms with E-state index in [-0.39, 0.29) is 6.42 Å². The number of carboxylic acids is 1. The minimum absolute atomic E-state index is 0.0166. The van der Waals surface area contributed by atoms with Gasteiger partial charge >= 0.3 is 5.97 Å². The summed E-state index contributed by atoms with van der Waals surface area (Å²) in [6.07, 6.45) is -0.0166. The lowest BCUT2D eigenvalue weighted by Gasteiger charge is -1.94. The Morgan fingerprint density at radius 3 is 2.68 bits per heavy atom. The fraction of sp³-hybridized carbons (Fsp3) is 0.0667. The molecule has 3 rings (SSSR count). The molecule has 0 saturated carbocycles. The van der Waals surface area contributed by atoms with Gasteiger partial charge in [0.25, 0.3) is 0 Å². The summed E-state index contributed by atoms with van der Waals surface area (Å²) in [5.74, 6) is -0.315. The molecule has 4 nitrogen and oxygen atoms in total. The van der Waals surface area contributed by atoms with Crippen molar-refractivity contribution in [2.75, 3.05) is 0 Å². The van der Waals surface area contributed by atoms with Crippen LogP contribution in [0.5, 0.6) is 0 Å². The van der Waals surface area contributed by atoms with Gasteiger partial charge in [-0.2, -0.15) is 0 Å². The molecule has 0 saturated heterocycles. The van der Waals surface area contributed by atoms with Crippen molar-refractivity contribution in [1.29, 1.82) is 0 Å². The van der Waals surface area contributed by atoms with Gasteiger partial charge in [0.05, 0.1) is 6.42 Å². The summed E-state index contributed by atoms with van der Waals surface area (Å²) < 4.78 is 5.67. The van der Waals surface area contributed by atoms with Crippen LogP contribution in [0, 0.1) is 0 Å². The maximum absolute atomic E-state index is 10.7. The molecule has 19 heavy (non-hydrogen) atoms. The predicted octanol–water partition coefficient (Wildman–Crippen LogP) is 3.12. The number of fused-ring (bicyclic) bond motifs is 1. The number of nitrogens with zero attached hydrogens (tertiary/aromatic N) is 1. The zero-order valence-corrected chi connectivity index (χ0v) is 10.0. The Bertz CT molecular complexity index is 731. The average Bonchev–Trinajstić information content (AvgIpc) is 2.82. The Labute approximate surface area is 109 Å². The molecule has 1 aromatic heterocycles. The monoisotopic (exact) mass is 253 g/mol. The Balaban J connectivity index is 2.04. The SMILES string of the molecule is O=C(O)Cc1ccc2nc(-c3ccccc3)oc2c1. The largest absolute Gasteiger partial charge is 0.481 e. The molecule has 0 atom stereocenters. The van der Waals surface area contributed by atoms with Gasteiger partial charge in [-0.3, -0.25) is 4.79 Å². The number of rotatable bonds is 3. The summed E-state index contributed by atoms with van der Waals surface area (Å²) >= 11 is 0. The highest BCUT2D eigenvalue weighted by Gasteiger charge is 2.09. The molecule has 0 fully saturated rings. The van der Waals surface area contributed by atoms with Crippen molar-refractivity contribution >= 4 is 17.1 Å². The van der Waals surface area contributed by atoms with Gasteiger partial charge in [-0.1, -0.05) is 24.3 Å². The van der Waals surface area contributed by atoms with Crippen LogP contribution in [-0.4, -0.2) is 16.1 Å². The summed E-state index contributed by atoms with van der Waals surface area (Å²) in [4.78, 5) is 15.1. The number of hydrogen-bond acceptors (Lipinski definition) is 3. The van der Waals surface area contributed by atoms with Crippen LogP contribution in [0.4, 0.5) is 0 Å². The highest BCUT2D eigenvalue weighted by Crippen LogP contribution is 2.24. The van der Waals surface area contributed by atoms with Gasteiger partial charge in [-0.25, -0.2) is 4.98 Å². The fourth-order valence-electron chi connectivity index (χ4n) is 1.96. The zero-order chi connectivity index (χ0) is 13.2. The topological polar surface area (TPSA) is 63.3 Å². The van der Waals surface area contributed by atoms with Gasteiger partial charge in [0.15, 0.2) is 5.58 Å². The van der Waals surface area contributed by atoms with Gasteiger partial charge in [0, 0.05) is 5.56 Å². The van der Waals surface area contributed by atoms with Crippen molar-refractivity contribution in [2.24, 2.45) is 0 Å². The normalized spacial score (nSPS) is 10.7. The van der Waals surface area contributed by atoms with E-state index in [1.165, 1.54) is 0 Å². The third-order valence-corrected chi connectivity index (χ3v) is 2.83. The van der Waals surface area contributed by atoms with Gasteiger partial charge in [-0.05, 0) is 29.8 Å². The van der Waals surface area contributed by atoms with Crippen LogP contribution in [0.3, 0.4) is 0 Å². The standard InChI is InChI=1S/C15H11NO3/c17-14(18)9-10-6-7-12-13(8-10)19-15(16-12)11-4-2-1-3-5-11/h1-8H,9H2,(H,17,18). The lowest BCUT2D eigenvalue weighted by molar-refractivity contribution is -0.136. The van der Waals surface area contributed by atoms with E-state index in [1.807, 2.05) is 30.3 Å². The summed E-state index contributed by atoms with van der Waals surface area (Å²) in [6.45, 7) is 0. The van der Waals surface area contributed by atoms with Gasteiger partial charge in [0.1, 0.15) is 5.52 Å². The first-order valence-electron chi connectivity index (χ1n) is 5.89. The van der Waals surface area contributed by atoms with Crippen molar-refractivity contribution in [3.63, 3.8) is 0 Å². The van der Waals surface area contributed by atoms with E-state index < -0.39 is 5.97 Å². The molecule has 4 heteroatoms. The second-order valence-electron chi connectivity index (χ2n) is 4.26. The lowest BCUT2D eigenvalue weighted by atomic mass is 10.1. The van der Waals surface area contributed by atoms with Crippen LogP contribution in [0.1, 0.15) is 5.56 Å². The van der Waals surface area contributed by atoms with Crippen LogP contribution in [0.25, 0.3) is 22.6 Å². The van der Waals surface area contributed by atoms with Crippen LogP contribution in [0.15, 0.2) is 52.9 Å². The molecule has 3 aromatic rings. The quantitative estimate of drug-likeness (QED) is 0.778. The highest BCUT2D eigenvalue weighted by atomic mass is 16.4. The van der Waals surface area contributed by atoms with Crippen LogP contribution in [-0.2, 0) is 11.2 Å². The third-order valence-electron chi connectivity index (χ3n) is 2.83. The van der Waals surface area contributed by atoms with Gasteiger partial charge in [0.2, 0.25) is 5.89 Å². The number of hydrogen-bond donors (Lipinski definition) is 1. The first kappa shape index (κ1) is 11.5. The van der Waals surface area contributed by atoms with E-state index in [1.54, 1.807) is 18.2 Å². The molecular formula is C15H11NO3. The van der Waals surface area contributed by atoms with Crippen LogP contribution >= 0.6 is 0 Å². The Hall–Kier alpha value is -2.62. The van der Waals surface area contributed by atoms with E-state index in [9.17, 15) is 4.79 Å². The molecule has 1 heterocycles. The minimum Gasteiger partial charge on any atom is -0.481 e. The van der Waals surface area contributed by atoms with Crippen molar-refractivity contribution in [1.82, 2.24) is 4.98 Å². The molecule has 0 aliphatic heterocycles.